The molecule has 0 aliphatic heterocycles. The van der Waals surface area contributed by atoms with Gasteiger partial charge < -0.3 is 5.32 Å². The van der Waals surface area contributed by atoms with E-state index in [1.54, 1.807) is 6.07 Å². The summed E-state index contributed by atoms with van der Waals surface area (Å²) in [5, 5.41) is 3.26. The Bertz CT molecular complexity index is 590. The maximum Gasteiger partial charge on any atom is 0.127 e. The van der Waals surface area contributed by atoms with Gasteiger partial charge in [-0.25, -0.2) is 4.39 Å². The number of rotatable bonds is 5. The molecule has 2 rings (SSSR count). The molecule has 0 saturated heterocycles. The van der Waals surface area contributed by atoms with Crippen molar-refractivity contribution in [1.29, 1.82) is 0 Å². The summed E-state index contributed by atoms with van der Waals surface area (Å²) >= 11 is 0. The molecule has 0 aliphatic rings. The van der Waals surface area contributed by atoms with Crippen LogP contribution in [-0.4, -0.2) is 6.54 Å². The highest BCUT2D eigenvalue weighted by Gasteiger charge is 2.07. The SMILES string of the molecule is CCCNCc1cc(-c2cc(C)ccc2C)ccc1F. The van der Waals surface area contributed by atoms with E-state index in [-0.39, 0.29) is 5.82 Å². The Morgan fingerprint density at radius 3 is 2.60 bits per heavy atom. The van der Waals surface area contributed by atoms with Crippen molar-refractivity contribution < 1.29 is 4.39 Å². The standard InChI is InChI=1S/C18H22FN/c1-4-9-20-12-16-11-15(7-8-18(16)19)17-10-13(2)5-6-14(17)3/h5-8,10-11,20H,4,9,12H2,1-3H3. The molecule has 2 aromatic rings. The summed E-state index contributed by atoms with van der Waals surface area (Å²) in [4.78, 5) is 0. The monoisotopic (exact) mass is 271 g/mol. The molecule has 0 amide bonds. The maximum absolute atomic E-state index is 13.9. The number of nitrogens with one attached hydrogen (secondary N) is 1. The summed E-state index contributed by atoms with van der Waals surface area (Å²) in [6.45, 7) is 7.77. The lowest BCUT2D eigenvalue weighted by atomic mass is 9.97. The Balaban J connectivity index is 2.33. The summed E-state index contributed by atoms with van der Waals surface area (Å²) < 4.78 is 13.9. The van der Waals surface area contributed by atoms with E-state index in [1.807, 2.05) is 12.1 Å². The lowest BCUT2D eigenvalue weighted by Crippen LogP contribution is -2.14. The average Bonchev–Trinajstić information content (AvgIpc) is 2.44. The van der Waals surface area contributed by atoms with Gasteiger partial charge in [-0.2, -0.15) is 0 Å². The maximum atomic E-state index is 13.9. The Hall–Kier alpha value is -1.67. The van der Waals surface area contributed by atoms with Gasteiger partial charge in [-0.3, -0.25) is 0 Å². The molecule has 106 valence electrons. The van der Waals surface area contributed by atoms with Gasteiger partial charge in [-0.1, -0.05) is 36.8 Å². The van der Waals surface area contributed by atoms with Crippen LogP contribution >= 0.6 is 0 Å². The van der Waals surface area contributed by atoms with E-state index in [4.69, 9.17) is 0 Å². The fourth-order valence-electron chi connectivity index (χ4n) is 2.32. The van der Waals surface area contributed by atoms with E-state index in [0.29, 0.717) is 6.54 Å². The average molecular weight is 271 g/mol. The van der Waals surface area contributed by atoms with Crippen molar-refractivity contribution in [3.8, 4) is 11.1 Å². The minimum Gasteiger partial charge on any atom is -0.313 e. The number of hydrogen-bond donors (Lipinski definition) is 1. The first-order valence-corrected chi connectivity index (χ1v) is 7.18. The minimum absolute atomic E-state index is 0.136. The highest BCUT2D eigenvalue weighted by atomic mass is 19.1. The zero-order valence-corrected chi connectivity index (χ0v) is 12.5. The van der Waals surface area contributed by atoms with Crippen molar-refractivity contribution in [2.45, 2.75) is 33.7 Å². The van der Waals surface area contributed by atoms with Crippen LogP contribution in [0.2, 0.25) is 0 Å². The van der Waals surface area contributed by atoms with Crippen molar-refractivity contribution in [1.82, 2.24) is 5.32 Å². The molecule has 0 atom stereocenters. The summed E-state index contributed by atoms with van der Waals surface area (Å²) in [7, 11) is 0. The largest absolute Gasteiger partial charge is 0.313 e. The number of aryl methyl sites for hydroxylation is 2. The Morgan fingerprint density at radius 1 is 1.05 bits per heavy atom. The summed E-state index contributed by atoms with van der Waals surface area (Å²) in [6.07, 6.45) is 1.05. The van der Waals surface area contributed by atoms with Crippen molar-refractivity contribution >= 4 is 0 Å². The summed E-state index contributed by atoms with van der Waals surface area (Å²) in [5.74, 6) is -0.136. The predicted molar refractivity (Wildman–Crippen MR) is 83.3 cm³/mol. The van der Waals surface area contributed by atoms with Gasteiger partial charge >= 0.3 is 0 Å². The molecule has 1 nitrogen and oxygen atoms in total. The second-order valence-corrected chi connectivity index (χ2v) is 5.30. The molecule has 0 fully saturated rings. The fraction of sp³-hybridized carbons (Fsp3) is 0.333. The van der Waals surface area contributed by atoms with E-state index >= 15 is 0 Å². The Labute approximate surface area is 120 Å². The lowest BCUT2D eigenvalue weighted by Gasteiger charge is -2.11. The van der Waals surface area contributed by atoms with Gasteiger partial charge in [-0.15, -0.1) is 0 Å². The first kappa shape index (κ1) is 14.7. The Kier molecular flexibility index (Phi) is 4.91. The smallest absolute Gasteiger partial charge is 0.127 e. The molecule has 0 heterocycles. The molecule has 0 bridgehead atoms. The predicted octanol–water partition coefficient (Wildman–Crippen LogP) is 4.61. The fourth-order valence-corrected chi connectivity index (χ4v) is 2.32. The van der Waals surface area contributed by atoms with Crippen LogP contribution in [0.4, 0.5) is 4.39 Å². The highest BCUT2D eigenvalue weighted by Crippen LogP contribution is 2.26. The van der Waals surface area contributed by atoms with Crippen LogP contribution < -0.4 is 5.32 Å². The molecule has 0 aliphatic carbocycles. The van der Waals surface area contributed by atoms with Crippen LogP contribution in [0.15, 0.2) is 36.4 Å². The molecule has 0 radical (unpaired) electrons. The van der Waals surface area contributed by atoms with Crippen molar-refractivity contribution in [2.24, 2.45) is 0 Å². The van der Waals surface area contributed by atoms with Crippen molar-refractivity contribution in [3.63, 3.8) is 0 Å². The van der Waals surface area contributed by atoms with E-state index < -0.39 is 0 Å². The molecule has 0 unspecified atom stereocenters. The molecule has 2 heteroatoms. The quantitative estimate of drug-likeness (QED) is 0.783. The molecule has 0 saturated carbocycles. The van der Waals surface area contributed by atoms with Gasteiger partial charge in [0.1, 0.15) is 5.82 Å². The second-order valence-electron chi connectivity index (χ2n) is 5.30. The summed E-state index contributed by atoms with van der Waals surface area (Å²) in [5.41, 5.74) is 5.44. The van der Waals surface area contributed by atoms with Crippen LogP contribution in [0.25, 0.3) is 11.1 Å². The van der Waals surface area contributed by atoms with E-state index in [9.17, 15) is 4.39 Å². The van der Waals surface area contributed by atoms with E-state index in [1.165, 1.54) is 16.7 Å². The van der Waals surface area contributed by atoms with Crippen LogP contribution in [0, 0.1) is 19.7 Å². The zero-order valence-electron chi connectivity index (χ0n) is 12.5. The molecule has 1 N–H and O–H groups in total. The van der Waals surface area contributed by atoms with E-state index in [0.717, 1.165) is 24.1 Å². The number of benzene rings is 2. The molecule has 0 aromatic heterocycles. The first-order valence-electron chi connectivity index (χ1n) is 7.18. The van der Waals surface area contributed by atoms with Crippen LogP contribution in [0.1, 0.15) is 30.0 Å². The molecular formula is C18H22FN. The molecule has 2 aromatic carbocycles. The third kappa shape index (κ3) is 3.45. The molecule has 0 spiro atoms. The minimum atomic E-state index is -0.136. The zero-order chi connectivity index (χ0) is 14.5. The third-order valence-electron chi connectivity index (χ3n) is 3.49. The van der Waals surface area contributed by atoms with Crippen LogP contribution in [0.3, 0.4) is 0 Å². The van der Waals surface area contributed by atoms with Crippen LogP contribution in [0.5, 0.6) is 0 Å². The first-order chi connectivity index (χ1) is 9.61. The Morgan fingerprint density at radius 2 is 1.85 bits per heavy atom. The van der Waals surface area contributed by atoms with E-state index in [2.05, 4.69) is 44.3 Å². The summed E-state index contributed by atoms with van der Waals surface area (Å²) in [6, 6.07) is 11.8. The highest BCUT2D eigenvalue weighted by molar-refractivity contribution is 5.68. The van der Waals surface area contributed by atoms with Gasteiger partial charge in [-0.05, 0) is 55.6 Å². The van der Waals surface area contributed by atoms with Gasteiger partial charge in [0.05, 0.1) is 0 Å². The van der Waals surface area contributed by atoms with Crippen molar-refractivity contribution in [3.05, 3.63) is 58.9 Å². The van der Waals surface area contributed by atoms with Crippen molar-refractivity contribution in [2.75, 3.05) is 6.54 Å². The third-order valence-corrected chi connectivity index (χ3v) is 3.49. The number of hydrogen-bond acceptors (Lipinski definition) is 1. The molecule has 20 heavy (non-hydrogen) atoms. The normalized spacial score (nSPS) is 10.8. The topological polar surface area (TPSA) is 12.0 Å². The van der Waals surface area contributed by atoms with Gasteiger partial charge in [0.15, 0.2) is 0 Å². The van der Waals surface area contributed by atoms with Crippen LogP contribution in [-0.2, 0) is 6.54 Å². The van der Waals surface area contributed by atoms with Gasteiger partial charge in [0, 0.05) is 12.1 Å². The lowest BCUT2D eigenvalue weighted by molar-refractivity contribution is 0.587. The second kappa shape index (κ2) is 6.67. The van der Waals surface area contributed by atoms with Gasteiger partial charge in [0.2, 0.25) is 0 Å². The number of halogens is 1. The molecular weight excluding hydrogens is 249 g/mol. The van der Waals surface area contributed by atoms with Gasteiger partial charge in [0.25, 0.3) is 0 Å².